The Morgan fingerprint density at radius 1 is 1.24 bits per heavy atom. The number of allylic oxidation sites excluding steroid dienone is 7. The van der Waals surface area contributed by atoms with Gasteiger partial charge in [0.25, 0.3) is 5.56 Å². The summed E-state index contributed by atoms with van der Waals surface area (Å²) in [6.45, 7) is 7.28. The first-order valence-corrected chi connectivity index (χ1v) is 12.7. The van der Waals surface area contributed by atoms with Gasteiger partial charge in [-0.1, -0.05) is 48.6 Å². The third-order valence-corrected chi connectivity index (χ3v) is 6.93. The van der Waals surface area contributed by atoms with Gasteiger partial charge in [0.2, 0.25) is 0 Å². The minimum atomic E-state index is -0.683. The molecule has 2 heterocycles. The van der Waals surface area contributed by atoms with E-state index < -0.39 is 17.7 Å². The van der Waals surface area contributed by atoms with E-state index in [1.165, 1.54) is 22.4 Å². The summed E-state index contributed by atoms with van der Waals surface area (Å²) in [5, 5.41) is 4.81. The monoisotopic (exact) mass is 513 g/mol. The number of rotatable bonds is 8. The van der Waals surface area contributed by atoms with Crippen LogP contribution in [0.1, 0.15) is 50.5 Å². The zero-order valence-electron chi connectivity index (χ0n) is 21.4. The first kappa shape index (κ1) is 25.4. The van der Waals surface area contributed by atoms with Gasteiger partial charge in [-0.3, -0.25) is 9.36 Å². The third kappa shape index (κ3) is 4.84. The maximum atomic E-state index is 15.1. The smallest absolute Gasteiger partial charge is 0.277 e. The summed E-state index contributed by atoms with van der Waals surface area (Å²) in [7, 11) is 0. The predicted molar refractivity (Wildman–Crippen MR) is 149 cm³/mol. The Balaban J connectivity index is 1.54. The van der Waals surface area contributed by atoms with Crippen molar-refractivity contribution in [2.75, 3.05) is 5.32 Å². The zero-order chi connectivity index (χ0) is 26.8. The van der Waals surface area contributed by atoms with E-state index in [0.29, 0.717) is 16.7 Å². The SMILES string of the molecule is C=C(F)/C(=C\C=C/C)c1ncc(NC(C)c2cc3c(cc2F)oc2ccccc23)c(=O)n1CC=C1CCC1. The molecular weight excluding hydrogens is 484 g/mol. The number of nitrogens with zero attached hydrogens (tertiary/aromatic N) is 2. The molecule has 0 amide bonds. The van der Waals surface area contributed by atoms with Crippen molar-refractivity contribution in [2.24, 2.45) is 0 Å². The molecule has 7 heteroatoms. The average molecular weight is 514 g/mol. The molecule has 38 heavy (non-hydrogen) atoms. The first-order chi connectivity index (χ1) is 18.4. The van der Waals surface area contributed by atoms with Crippen molar-refractivity contribution in [2.45, 2.75) is 45.7 Å². The van der Waals surface area contributed by atoms with Gasteiger partial charge in [0.15, 0.2) is 0 Å². The van der Waals surface area contributed by atoms with Crippen LogP contribution >= 0.6 is 0 Å². The molecule has 1 saturated carbocycles. The first-order valence-electron chi connectivity index (χ1n) is 12.7. The molecule has 4 aromatic rings. The molecular formula is C31H29F2N3O2. The van der Waals surface area contributed by atoms with Crippen LogP contribution in [0.3, 0.4) is 0 Å². The second-order valence-corrected chi connectivity index (χ2v) is 9.47. The number of furan rings is 1. The molecule has 5 rings (SSSR count). The van der Waals surface area contributed by atoms with Crippen molar-refractivity contribution in [3.05, 3.63) is 112 Å². The molecule has 1 aliphatic carbocycles. The molecule has 194 valence electrons. The molecule has 1 atom stereocenters. The molecule has 0 bridgehead atoms. The van der Waals surface area contributed by atoms with Gasteiger partial charge in [0.1, 0.15) is 34.3 Å². The standard InChI is InChI=1S/C31H29F2N3O2/c1-4-5-11-22(19(2)32)30-34-18-27(31(37)36(30)15-14-21-9-8-10-21)35-20(3)24-16-25-23-12-6-7-13-28(23)38-29(25)17-26(24)33/h4-7,11-14,16-18,20,35H,2,8-10,15H2,1,3H3/b5-4-,22-11+. The van der Waals surface area contributed by atoms with Gasteiger partial charge < -0.3 is 9.73 Å². The Morgan fingerprint density at radius 2 is 2.03 bits per heavy atom. The van der Waals surface area contributed by atoms with Crippen molar-refractivity contribution >= 4 is 33.2 Å². The second-order valence-electron chi connectivity index (χ2n) is 9.47. The van der Waals surface area contributed by atoms with Crippen LogP contribution in [0.25, 0.3) is 27.5 Å². The van der Waals surface area contributed by atoms with Gasteiger partial charge in [-0.25, -0.2) is 13.8 Å². The molecule has 5 nitrogen and oxygen atoms in total. The lowest BCUT2D eigenvalue weighted by Crippen LogP contribution is -2.28. The van der Waals surface area contributed by atoms with E-state index in [-0.39, 0.29) is 29.2 Å². The summed E-state index contributed by atoms with van der Waals surface area (Å²) >= 11 is 0. The maximum absolute atomic E-state index is 15.1. The van der Waals surface area contributed by atoms with Crippen molar-refractivity contribution in [1.82, 2.24) is 9.55 Å². The highest BCUT2D eigenvalue weighted by Crippen LogP contribution is 2.33. The number of halogens is 2. The summed E-state index contributed by atoms with van der Waals surface area (Å²) < 4.78 is 36.8. The molecule has 1 unspecified atom stereocenters. The van der Waals surface area contributed by atoms with E-state index in [2.05, 4.69) is 16.9 Å². The van der Waals surface area contributed by atoms with Crippen molar-refractivity contribution in [3.63, 3.8) is 0 Å². The van der Waals surface area contributed by atoms with Crippen LogP contribution in [0.4, 0.5) is 14.5 Å². The van der Waals surface area contributed by atoms with Crippen LogP contribution < -0.4 is 10.9 Å². The summed E-state index contributed by atoms with van der Waals surface area (Å²) in [6, 6.07) is 10.1. The largest absolute Gasteiger partial charge is 0.456 e. The summed E-state index contributed by atoms with van der Waals surface area (Å²) in [6.07, 6.45) is 11.5. The number of hydrogen-bond donors (Lipinski definition) is 1. The molecule has 0 spiro atoms. The molecule has 0 radical (unpaired) electrons. The second kappa shape index (κ2) is 10.6. The van der Waals surface area contributed by atoms with Crippen LogP contribution in [0.15, 0.2) is 94.1 Å². The Bertz CT molecular complexity index is 1680. The van der Waals surface area contributed by atoms with Crippen LogP contribution in [-0.4, -0.2) is 9.55 Å². The topological polar surface area (TPSA) is 60.1 Å². The number of fused-ring (bicyclic) bond motifs is 3. The molecule has 1 aliphatic rings. The van der Waals surface area contributed by atoms with E-state index in [9.17, 15) is 9.18 Å². The Kier molecular flexibility index (Phi) is 7.09. The van der Waals surface area contributed by atoms with Gasteiger partial charge in [-0.05, 0) is 51.3 Å². The van der Waals surface area contributed by atoms with E-state index >= 15 is 4.39 Å². The third-order valence-electron chi connectivity index (χ3n) is 6.93. The number of hydrogen-bond acceptors (Lipinski definition) is 4. The van der Waals surface area contributed by atoms with Gasteiger partial charge in [0.05, 0.1) is 17.8 Å². The van der Waals surface area contributed by atoms with Gasteiger partial charge in [0, 0.05) is 28.9 Å². The summed E-state index contributed by atoms with van der Waals surface area (Å²) in [5.41, 5.74) is 2.75. The average Bonchev–Trinajstić information content (AvgIpc) is 3.22. The van der Waals surface area contributed by atoms with Crippen molar-refractivity contribution in [1.29, 1.82) is 0 Å². The van der Waals surface area contributed by atoms with Crippen molar-refractivity contribution < 1.29 is 13.2 Å². The number of benzene rings is 2. The highest BCUT2D eigenvalue weighted by molar-refractivity contribution is 6.05. The van der Waals surface area contributed by atoms with E-state index in [1.807, 2.05) is 37.3 Å². The van der Waals surface area contributed by atoms with Crippen LogP contribution in [-0.2, 0) is 6.54 Å². The number of nitrogens with one attached hydrogen (secondary N) is 1. The minimum Gasteiger partial charge on any atom is -0.456 e. The fourth-order valence-corrected chi connectivity index (χ4v) is 4.67. The lowest BCUT2D eigenvalue weighted by Gasteiger charge is -2.20. The molecule has 0 aliphatic heterocycles. The summed E-state index contributed by atoms with van der Waals surface area (Å²) in [5.74, 6) is -0.939. The minimum absolute atomic E-state index is 0.134. The van der Waals surface area contributed by atoms with Crippen LogP contribution in [0.2, 0.25) is 0 Å². The van der Waals surface area contributed by atoms with E-state index in [0.717, 1.165) is 30.0 Å². The Hall–Kier alpha value is -4.26. The fraction of sp³-hybridized carbons (Fsp3) is 0.226. The fourth-order valence-electron chi connectivity index (χ4n) is 4.67. The van der Waals surface area contributed by atoms with E-state index in [1.54, 1.807) is 31.2 Å². The molecule has 0 saturated heterocycles. The molecule has 1 fully saturated rings. The summed E-state index contributed by atoms with van der Waals surface area (Å²) in [4.78, 5) is 18.1. The number of aromatic nitrogens is 2. The Morgan fingerprint density at radius 3 is 2.74 bits per heavy atom. The van der Waals surface area contributed by atoms with Crippen molar-refractivity contribution in [3.8, 4) is 0 Å². The molecule has 2 aromatic carbocycles. The normalized spacial score (nSPS) is 14.7. The highest BCUT2D eigenvalue weighted by atomic mass is 19.1. The molecule has 1 N–H and O–H groups in total. The van der Waals surface area contributed by atoms with Gasteiger partial charge in [-0.2, -0.15) is 0 Å². The lowest BCUT2D eigenvalue weighted by atomic mass is 9.92. The molecule has 2 aromatic heterocycles. The number of anilines is 1. The highest BCUT2D eigenvalue weighted by Gasteiger charge is 2.20. The van der Waals surface area contributed by atoms with Crippen LogP contribution in [0.5, 0.6) is 0 Å². The lowest BCUT2D eigenvalue weighted by molar-refractivity contribution is 0.594. The Labute approximate surface area is 219 Å². The number of para-hydroxylation sites is 1. The maximum Gasteiger partial charge on any atom is 0.277 e. The van der Waals surface area contributed by atoms with E-state index in [4.69, 9.17) is 4.42 Å². The van der Waals surface area contributed by atoms with Crippen LogP contribution in [0, 0.1) is 5.82 Å². The quantitative estimate of drug-likeness (QED) is 0.192. The predicted octanol–water partition coefficient (Wildman–Crippen LogP) is 8.01. The van der Waals surface area contributed by atoms with Gasteiger partial charge >= 0.3 is 0 Å². The van der Waals surface area contributed by atoms with Gasteiger partial charge in [-0.15, -0.1) is 0 Å². The zero-order valence-corrected chi connectivity index (χ0v) is 21.4.